The second-order valence-electron chi connectivity index (χ2n) is 7.94. The Morgan fingerprint density at radius 1 is 0.737 bits per heavy atom. The highest BCUT2D eigenvalue weighted by Crippen LogP contribution is 2.16. The van der Waals surface area contributed by atoms with Crippen molar-refractivity contribution in [1.29, 1.82) is 0 Å². The van der Waals surface area contributed by atoms with Gasteiger partial charge in [-0.05, 0) is 24.3 Å². The highest BCUT2D eigenvalue weighted by molar-refractivity contribution is 6.03. The van der Waals surface area contributed by atoms with E-state index in [1.807, 2.05) is 0 Å². The average molecular weight is 533 g/mol. The van der Waals surface area contributed by atoms with Crippen molar-refractivity contribution < 1.29 is 48.0 Å². The van der Waals surface area contributed by atoms with E-state index in [9.17, 15) is 38.4 Å². The molecular weight excluding hydrogens is 504 g/mol. The molecule has 0 atom stereocenters. The minimum absolute atomic E-state index is 0.0497. The Balaban J connectivity index is 0.000000273. The Morgan fingerprint density at radius 2 is 1.21 bits per heavy atom. The summed E-state index contributed by atoms with van der Waals surface area (Å²) in [6.07, 6.45) is 0.837. The fraction of sp³-hybridized carbons (Fsp3) is 0.417. The van der Waals surface area contributed by atoms with Gasteiger partial charge in [0, 0.05) is 50.8 Å². The van der Waals surface area contributed by atoms with E-state index in [2.05, 4.69) is 15.5 Å². The molecule has 14 heteroatoms. The van der Waals surface area contributed by atoms with Gasteiger partial charge in [-0.3, -0.25) is 28.8 Å². The lowest BCUT2D eigenvalue weighted by molar-refractivity contribution is -0.197. The molecule has 1 aromatic rings. The van der Waals surface area contributed by atoms with E-state index >= 15 is 0 Å². The predicted octanol–water partition coefficient (Wildman–Crippen LogP) is 0.766. The van der Waals surface area contributed by atoms with Gasteiger partial charge >= 0.3 is 11.9 Å². The van der Waals surface area contributed by atoms with Gasteiger partial charge in [0.05, 0.1) is 12.0 Å². The number of carbonyl (C=O) groups excluding carboxylic acids is 8. The lowest BCUT2D eigenvalue weighted by Crippen LogP contribution is -2.33. The Labute approximate surface area is 217 Å². The van der Waals surface area contributed by atoms with E-state index in [4.69, 9.17) is 4.84 Å². The van der Waals surface area contributed by atoms with Crippen molar-refractivity contribution in [2.75, 3.05) is 11.9 Å². The average Bonchev–Trinajstić information content (AvgIpc) is 3.39. The third-order valence-electron chi connectivity index (χ3n) is 5.08. The van der Waals surface area contributed by atoms with Crippen molar-refractivity contribution in [3.05, 3.63) is 29.8 Å². The molecule has 2 saturated heterocycles. The first-order valence-corrected chi connectivity index (χ1v) is 11.9. The zero-order chi connectivity index (χ0) is 28.2. The minimum atomic E-state index is -0.799. The quantitative estimate of drug-likeness (QED) is 0.430. The first kappa shape index (κ1) is 29.6. The summed E-state index contributed by atoms with van der Waals surface area (Å²) >= 11 is 0. The molecule has 6 amide bonds. The van der Waals surface area contributed by atoms with Crippen LogP contribution in [-0.2, 0) is 43.2 Å². The number of nitrogens with one attached hydrogen (secondary N) is 2. The molecule has 0 bridgehead atoms. The Kier molecular flexibility index (Phi) is 11.1. The van der Waals surface area contributed by atoms with Crippen LogP contribution in [0.25, 0.3) is 0 Å². The molecule has 3 rings (SSSR count). The molecule has 38 heavy (non-hydrogen) atoms. The highest BCUT2D eigenvalue weighted by atomic mass is 16.7. The van der Waals surface area contributed by atoms with Crippen molar-refractivity contribution >= 4 is 53.1 Å². The summed E-state index contributed by atoms with van der Waals surface area (Å²) in [5, 5.41) is 6.10. The summed E-state index contributed by atoms with van der Waals surface area (Å²) < 4.78 is 0. The molecule has 2 N–H and O–H groups in total. The summed E-state index contributed by atoms with van der Waals surface area (Å²) in [6, 6.07) is 5.97. The third kappa shape index (κ3) is 8.80. The van der Waals surface area contributed by atoms with Crippen molar-refractivity contribution in [3.8, 4) is 0 Å². The Bertz CT molecular complexity index is 1080. The van der Waals surface area contributed by atoms with Gasteiger partial charge in [0.2, 0.25) is 11.8 Å². The van der Waals surface area contributed by atoms with Gasteiger partial charge in [0.25, 0.3) is 23.6 Å². The minimum Gasteiger partial charge on any atom is -0.356 e. The number of hydrogen-bond donors (Lipinski definition) is 2. The van der Waals surface area contributed by atoms with E-state index < -0.39 is 35.6 Å². The van der Waals surface area contributed by atoms with Crippen molar-refractivity contribution in [2.45, 2.75) is 58.8 Å². The van der Waals surface area contributed by atoms with E-state index in [0.29, 0.717) is 28.7 Å². The number of rotatable bonds is 9. The van der Waals surface area contributed by atoms with Crippen LogP contribution in [-0.4, -0.2) is 64.1 Å². The molecule has 2 heterocycles. The molecule has 204 valence electrons. The summed E-state index contributed by atoms with van der Waals surface area (Å²) in [7, 11) is 0. The highest BCUT2D eigenvalue weighted by Gasteiger charge is 2.33. The summed E-state index contributed by atoms with van der Waals surface area (Å²) in [6.45, 7) is 3.54. The summed E-state index contributed by atoms with van der Waals surface area (Å²) in [5.74, 6) is -3.91. The van der Waals surface area contributed by atoms with Crippen LogP contribution in [0.15, 0.2) is 24.3 Å². The summed E-state index contributed by atoms with van der Waals surface area (Å²) in [4.78, 5) is 99.4. The second-order valence-corrected chi connectivity index (χ2v) is 7.94. The van der Waals surface area contributed by atoms with Gasteiger partial charge in [-0.25, -0.2) is 9.59 Å². The lowest BCUT2D eigenvalue weighted by Gasteiger charge is -2.12. The predicted molar refractivity (Wildman–Crippen MR) is 127 cm³/mol. The lowest BCUT2D eigenvalue weighted by atomic mass is 10.2. The number of amides is 6. The molecule has 0 spiro atoms. The van der Waals surface area contributed by atoms with Crippen LogP contribution in [0.1, 0.15) is 69.2 Å². The van der Waals surface area contributed by atoms with Gasteiger partial charge in [0.1, 0.15) is 0 Å². The molecule has 1 aromatic carbocycles. The molecule has 0 radical (unpaired) electrons. The fourth-order valence-corrected chi connectivity index (χ4v) is 2.97. The Morgan fingerprint density at radius 3 is 1.68 bits per heavy atom. The van der Waals surface area contributed by atoms with Gasteiger partial charge in [-0.15, -0.1) is 10.1 Å². The molecule has 0 aliphatic carbocycles. The number of imide groups is 2. The monoisotopic (exact) mass is 532 g/mol. The van der Waals surface area contributed by atoms with Gasteiger partial charge < -0.3 is 20.3 Å². The van der Waals surface area contributed by atoms with Crippen LogP contribution in [0.5, 0.6) is 0 Å². The van der Waals surface area contributed by atoms with Gasteiger partial charge in [-0.2, -0.15) is 0 Å². The maximum Gasteiger partial charge on any atom is 0.363 e. The number of benzene rings is 1. The SMILES string of the molecule is CCC(=O)NCCC(=O)ON1C(=O)CCC1=O.CCC(=O)Nc1ccc(C(=O)ON2C(=O)CCC2=O)cc1. The number of hydrogen-bond acceptors (Lipinski definition) is 10. The van der Waals surface area contributed by atoms with Gasteiger partial charge in [0.15, 0.2) is 0 Å². The Hall–Kier alpha value is -4.62. The van der Waals surface area contributed by atoms with Crippen LogP contribution in [0.4, 0.5) is 5.69 Å². The molecule has 0 aromatic heterocycles. The molecule has 2 aliphatic heterocycles. The topological polar surface area (TPSA) is 186 Å². The van der Waals surface area contributed by atoms with Crippen LogP contribution in [0.3, 0.4) is 0 Å². The zero-order valence-corrected chi connectivity index (χ0v) is 20.9. The van der Waals surface area contributed by atoms with Crippen LogP contribution in [0, 0.1) is 0 Å². The van der Waals surface area contributed by atoms with E-state index in [1.54, 1.807) is 13.8 Å². The number of anilines is 1. The molecule has 2 aliphatic rings. The number of hydroxylamine groups is 4. The van der Waals surface area contributed by atoms with Crippen molar-refractivity contribution in [2.24, 2.45) is 0 Å². The largest absolute Gasteiger partial charge is 0.363 e. The van der Waals surface area contributed by atoms with Crippen molar-refractivity contribution in [1.82, 2.24) is 15.4 Å². The van der Waals surface area contributed by atoms with Gasteiger partial charge in [-0.1, -0.05) is 13.8 Å². The van der Waals surface area contributed by atoms with E-state index in [-0.39, 0.29) is 56.0 Å². The normalized spacial score (nSPS) is 14.6. The van der Waals surface area contributed by atoms with E-state index in [1.165, 1.54) is 24.3 Å². The first-order valence-electron chi connectivity index (χ1n) is 11.9. The molecule has 2 fully saturated rings. The number of carbonyl (C=O) groups is 8. The first-order chi connectivity index (χ1) is 18.0. The van der Waals surface area contributed by atoms with Crippen LogP contribution in [0.2, 0.25) is 0 Å². The van der Waals surface area contributed by atoms with E-state index in [0.717, 1.165) is 0 Å². The number of nitrogens with zero attached hydrogens (tertiary/aromatic N) is 2. The van der Waals surface area contributed by atoms with Crippen LogP contribution >= 0.6 is 0 Å². The zero-order valence-electron chi connectivity index (χ0n) is 20.9. The third-order valence-corrected chi connectivity index (χ3v) is 5.08. The molecule has 14 nitrogen and oxygen atoms in total. The van der Waals surface area contributed by atoms with Crippen LogP contribution < -0.4 is 10.6 Å². The smallest absolute Gasteiger partial charge is 0.356 e. The second kappa shape index (κ2) is 14.2. The standard InChI is InChI=1S/C14H14N2O5.C10H14N2O5/c1-2-11(17)15-10-5-3-9(4-6-10)14(20)21-16-12(18)7-8-13(16)19;1-2-7(13)11-6-5-10(16)17-12-8(14)3-4-9(12)15/h3-6H,2,7-8H2,1H3,(H,15,17);2-6H2,1H3,(H,11,13). The molecule has 0 saturated carbocycles. The summed E-state index contributed by atoms with van der Waals surface area (Å²) in [5.41, 5.74) is 0.726. The fourth-order valence-electron chi connectivity index (χ4n) is 2.97. The van der Waals surface area contributed by atoms with Crippen molar-refractivity contribution in [3.63, 3.8) is 0 Å². The maximum absolute atomic E-state index is 11.8. The maximum atomic E-state index is 11.8. The molecule has 0 unspecified atom stereocenters. The molecular formula is C24H28N4O10.